The lowest BCUT2D eigenvalue weighted by molar-refractivity contribution is -0.137. The molecule has 3 aromatic carbocycles. The minimum atomic E-state index is -4.63. The molecule has 2 amide bonds. The number of alkyl halides is 3. The number of nitrogens with zero attached hydrogens (tertiary/aromatic N) is 3. The van der Waals surface area contributed by atoms with Crippen LogP contribution in [0.5, 0.6) is 5.75 Å². The first-order chi connectivity index (χ1) is 18.7. The van der Waals surface area contributed by atoms with E-state index in [-0.39, 0.29) is 35.6 Å². The lowest BCUT2D eigenvalue weighted by Crippen LogP contribution is -2.29. The van der Waals surface area contributed by atoms with Crippen LogP contribution in [0.25, 0.3) is 5.69 Å². The number of rotatable bonds is 10. The molecule has 4 aromatic rings. The minimum Gasteiger partial charge on any atom is -0.484 e. The van der Waals surface area contributed by atoms with E-state index in [4.69, 9.17) is 4.74 Å². The van der Waals surface area contributed by atoms with Gasteiger partial charge in [0.1, 0.15) is 11.6 Å². The van der Waals surface area contributed by atoms with Gasteiger partial charge < -0.3 is 15.4 Å². The number of hydrogen-bond donors (Lipinski definition) is 2. The van der Waals surface area contributed by atoms with Crippen LogP contribution in [0.1, 0.15) is 11.4 Å². The van der Waals surface area contributed by atoms with Crippen molar-refractivity contribution in [3.63, 3.8) is 0 Å². The third-order valence-corrected chi connectivity index (χ3v) is 6.11. The van der Waals surface area contributed by atoms with Crippen LogP contribution < -0.4 is 15.4 Å². The Bertz CT molecular complexity index is 1430. The van der Waals surface area contributed by atoms with Gasteiger partial charge in [0.15, 0.2) is 17.6 Å². The molecule has 1 aromatic heterocycles. The topological polar surface area (TPSA) is 98.1 Å². The molecule has 0 fully saturated rings. The average Bonchev–Trinajstić information content (AvgIpc) is 3.33. The highest BCUT2D eigenvalue weighted by molar-refractivity contribution is 7.99. The lowest BCUT2D eigenvalue weighted by atomic mass is 10.1. The van der Waals surface area contributed by atoms with E-state index in [1.807, 2.05) is 6.07 Å². The van der Waals surface area contributed by atoms with Gasteiger partial charge in [-0.3, -0.25) is 14.2 Å². The molecule has 2 N–H and O–H groups in total. The Hall–Kier alpha value is -4.39. The van der Waals surface area contributed by atoms with E-state index in [2.05, 4.69) is 20.8 Å². The maximum Gasteiger partial charge on any atom is 0.418 e. The van der Waals surface area contributed by atoms with Crippen LogP contribution in [0.4, 0.5) is 23.2 Å². The molecule has 13 heteroatoms. The van der Waals surface area contributed by atoms with Gasteiger partial charge in [-0.1, -0.05) is 42.1 Å². The molecule has 0 bridgehead atoms. The molecule has 4 rings (SSSR count). The number of amides is 2. The fourth-order valence-electron chi connectivity index (χ4n) is 3.41. The van der Waals surface area contributed by atoms with E-state index in [0.29, 0.717) is 11.4 Å². The maximum atomic E-state index is 13.5. The number of aromatic nitrogens is 3. The molecule has 0 unspecified atom stereocenters. The summed E-state index contributed by atoms with van der Waals surface area (Å²) in [5, 5.41) is 13.3. The van der Waals surface area contributed by atoms with Gasteiger partial charge in [0.2, 0.25) is 5.91 Å². The molecule has 0 saturated carbocycles. The summed E-state index contributed by atoms with van der Waals surface area (Å²) in [5.41, 5.74) is -0.875. The van der Waals surface area contributed by atoms with Gasteiger partial charge in [-0.15, -0.1) is 10.2 Å². The monoisotopic (exact) mass is 559 g/mol. The molecule has 1 heterocycles. The Balaban J connectivity index is 1.44. The number of thioether (sulfide) groups is 1. The van der Waals surface area contributed by atoms with Gasteiger partial charge in [0, 0.05) is 5.69 Å². The summed E-state index contributed by atoms with van der Waals surface area (Å²) in [6, 6.07) is 18.8. The van der Waals surface area contributed by atoms with Crippen molar-refractivity contribution < 1.29 is 31.9 Å². The van der Waals surface area contributed by atoms with E-state index in [1.54, 1.807) is 24.3 Å². The molecule has 0 spiro atoms. The lowest BCUT2D eigenvalue weighted by Gasteiger charge is -2.14. The zero-order chi connectivity index (χ0) is 27.8. The first-order valence-corrected chi connectivity index (χ1v) is 12.4. The third-order valence-electron chi connectivity index (χ3n) is 5.18. The van der Waals surface area contributed by atoms with Gasteiger partial charge in [0.05, 0.1) is 23.5 Å². The fourth-order valence-corrected chi connectivity index (χ4v) is 4.18. The normalized spacial score (nSPS) is 11.2. The molecule has 39 heavy (non-hydrogen) atoms. The van der Waals surface area contributed by atoms with Crippen LogP contribution in [0.15, 0.2) is 84.0 Å². The summed E-state index contributed by atoms with van der Waals surface area (Å²) in [6.07, 6.45) is -4.63. The van der Waals surface area contributed by atoms with Crippen molar-refractivity contribution >= 4 is 29.3 Å². The smallest absolute Gasteiger partial charge is 0.418 e. The number of ether oxygens (including phenoxy) is 1. The number of halogens is 4. The number of nitrogens with one attached hydrogen (secondary N) is 2. The summed E-state index contributed by atoms with van der Waals surface area (Å²) in [5.74, 6) is -1.08. The van der Waals surface area contributed by atoms with Crippen molar-refractivity contribution in [2.75, 3.05) is 17.7 Å². The van der Waals surface area contributed by atoms with Crippen molar-refractivity contribution in [1.82, 2.24) is 20.1 Å². The van der Waals surface area contributed by atoms with E-state index in [1.165, 1.54) is 41.0 Å². The first-order valence-electron chi connectivity index (χ1n) is 11.4. The molecule has 0 saturated heterocycles. The molecule has 202 valence electrons. The number of benzene rings is 3. The average molecular weight is 560 g/mol. The van der Waals surface area contributed by atoms with E-state index in [9.17, 15) is 27.2 Å². The van der Waals surface area contributed by atoms with Gasteiger partial charge in [-0.2, -0.15) is 13.2 Å². The van der Waals surface area contributed by atoms with Crippen molar-refractivity contribution in [1.29, 1.82) is 0 Å². The van der Waals surface area contributed by atoms with Gasteiger partial charge in [0.25, 0.3) is 5.91 Å². The van der Waals surface area contributed by atoms with Gasteiger partial charge >= 0.3 is 6.18 Å². The second kappa shape index (κ2) is 12.4. The Kier molecular flexibility index (Phi) is 8.81. The molecule has 8 nitrogen and oxygen atoms in total. The standard InChI is InChI=1S/C26H21F4N5O3S/c27-17-10-12-18(13-11-17)35-22(14-31-23(36)15-38-19-6-2-1-3-7-19)33-34-25(35)39-16-24(37)32-21-9-5-4-8-20(21)26(28,29)30/h1-13H,14-16H2,(H,31,36)(H,32,37). The van der Waals surface area contributed by atoms with Crippen LogP contribution in [-0.2, 0) is 22.3 Å². The predicted molar refractivity (Wildman–Crippen MR) is 136 cm³/mol. The van der Waals surface area contributed by atoms with Crippen molar-refractivity contribution in [2.45, 2.75) is 17.9 Å². The molecular formula is C26H21F4N5O3S. The quantitative estimate of drug-likeness (QED) is 0.213. The van der Waals surface area contributed by atoms with Crippen LogP contribution >= 0.6 is 11.8 Å². The third kappa shape index (κ3) is 7.57. The largest absolute Gasteiger partial charge is 0.484 e. The van der Waals surface area contributed by atoms with E-state index in [0.717, 1.165) is 23.9 Å². The zero-order valence-electron chi connectivity index (χ0n) is 20.1. The highest BCUT2D eigenvalue weighted by Gasteiger charge is 2.33. The summed E-state index contributed by atoms with van der Waals surface area (Å²) in [6.45, 7) is -0.303. The second-order valence-electron chi connectivity index (χ2n) is 7.97. The molecule has 0 atom stereocenters. The van der Waals surface area contributed by atoms with Crippen LogP contribution in [0.3, 0.4) is 0 Å². The van der Waals surface area contributed by atoms with Crippen LogP contribution in [0.2, 0.25) is 0 Å². The summed E-state index contributed by atoms with van der Waals surface area (Å²) < 4.78 is 60.2. The SMILES string of the molecule is O=C(COc1ccccc1)NCc1nnc(SCC(=O)Nc2ccccc2C(F)(F)F)n1-c1ccc(F)cc1. The molecule has 0 aliphatic carbocycles. The molecule has 0 radical (unpaired) electrons. The summed E-state index contributed by atoms with van der Waals surface area (Å²) >= 11 is 0.914. The number of hydrogen-bond acceptors (Lipinski definition) is 6. The maximum absolute atomic E-state index is 13.5. The Labute approximate surface area is 224 Å². The van der Waals surface area contributed by atoms with Gasteiger partial charge in [-0.25, -0.2) is 4.39 Å². The minimum absolute atomic E-state index is 0.0624. The van der Waals surface area contributed by atoms with Gasteiger partial charge in [-0.05, 0) is 48.5 Å². The number of carbonyl (C=O) groups excluding carboxylic acids is 2. The van der Waals surface area contributed by atoms with Crippen LogP contribution in [-0.4, -0.2) is 38.9 Å². The number of anilines is 1. The van der Waals surface area contributed by atoms with E-state index < -0.39 is 29.4 Å². The fraction of sp³-hybridized carbons (Fsp3) is 0.154. The predicted octanol–water partition coefficient (Wildman–Crippen LogP) is 4.85. The zero-order valence-corrected chi connectivity index (χ0v) is 20.9. The summed E-state index contributed by atoms with van der Waals surface area (Å²) in [4.78, 5) is 24.8. The summed E-state index contributed by atoms with van der Waals surface area (Å²) in [7, 11) is 0. The van der Waals surface area contributed by atoms with Crippen molar-refractivity contribution in [3.8, 4) is 11.4 Å². The van der Waals surface area contributed by atoms with Crippen LogP contribution in [0, 0.1) is 5.82 Å². The second-order valence-corrected chi connectivity index (χ2v) is 8.91. The van der Waals surface area contributed by atoms with Crippen molar-refractivity contribution in [2.24, 2.45) is 0 Å². The highest BCUT2D eigenvalue weighted by Crippen LogP contribution is 2.34. The highest BCUT2D eigenvalue weighted by atomic mass is 32.2. The Morgan fingerprint density at radius 1 is 0.897 bits per heavy atom. The molecular weight excluding hydrogens is 538 g/mol. The number of carbonyl (C=O) groups is 2. The molecule has 0 aliphatic heterocycles. The van der Waals surface area contributed by atoms with Crippen molar-refractivity contribution in [3.05, 3.63) is 96.1 Å². The number of para-hydroxylation sites is 2. The Morgan fingerprint density at radius 2 is 1.59 bits per heavy atom. The Morgan fingerprint density at radius 3 is 2.31 bits per heavy atom. The molecule has 0 aliphatic rings. The van der Waals surface area contributed by atoms with E-state index >= 15 is 0 Å². The first kappa shape index (κ1) is 27.6.